The molecule has 2 N–H and O–H groups in total. The lowest BCUT2D eigenvalue weighted by molar-refractivity contribution is 0.282. The summed E-state index contributed by atoms with van der Waals surface area (Å²) < 4.78 is 5.56. The third kappa shape index (κ3) is 4.76. The van der Waals surface area contributed by atoms with Crippen molar-refractivity contribution in [2.24, 2.45) is 16.8 Å². The van der Waals surface area contributed by atoms with Gasteiger partial charge in [0.05, 0.1) is 12.2 Å². The van der Waals surface area contributed by atoms with Crippen LogP contribution < -0.4 is 10.6 Å². The minimum absolute atomic E-state index is 0.565. The number of hydrogen-bond donors (Lipinski definition) is 2. The summed E-state index contributed by atoms with van der Waals surface area (Å²) in [6.45, 7) is 7.80. The molecule has 118 valence electrons. The molecular weight excluding hydrogens is 264 g/mol. The molecule has 0 amide bonds. The van der Waals surface area contributed by atoms with E-state index in [9.17, 15) is 0 Å². The van der Waals surface area contributed by atoms with E-state index in [1.165, 1.54) is 25.7 Å². The lowest BCUT2D eigenvalue weighted by Crippen LogP contribution is -2.40. The number of aryl methyl sites for hydroxylation is 2. The van der Waals surface area contributed by atoms with Crippen LogP contribution in [0.15, 0.2) is 9.41 Å². The van der Waals surface area contributed by atoms with Crippen LogP contribution in [-0.4, -0.2) is 24.5 Å². The Morgan fingerprint density at radius 1 is 1.33 bits per heavy atom. The average Bonchev–Trinajstić information content (AvgIpc) is 2.78. The van der Waals surface area contributed by atoms with E-state index in [0.717, 1.165) is 35.8 Å². The molecule has 5 heteroatoms. The monoisotopic (exact) mass is 292 g/mol. The predicted molar refractivity (Wildman–Crippen MR) is 85.3 cm³/mol. The lowest BCUT2D eigenvalue weighted by atomic mass is 9.82. The van der Waals surface area contributed by atoms with E-state index in [0.29, 0.717) is 12.4 Å². The lowest BCUT2D eigenvalue weighted by Gasteiger charge is -2.27. The summed E-state index contributed by atoms with van der Waals surface area (Å²) in [5, 5.41) is 6.68. The molecule has 1 aliphatic rings. The van der Waals surface area contributed by atoms with E-state index in [1.807, 2.05) is 13.8 Å². The summed E-state index contributed by atoms with van der Waals surface area (Å²) in [7, 11) is 1.80. The Bertz CT molecular complexity index is 461. The maximum atomic E-state index is 5.56. The zero-order valence-electron chi connectivity index (χ0n) is 13.7. The largest absolute Gasteiger partial charge is 0.444 e. The molecule has 0 saturated heterocycles. The average molecular weight is 292 g/mol. The van der Waals surface area contributed by atoms with Crippen molar-refractivity contribution in [3.63, 3.8) is 0 Å². The highest BCUT2D eigenvalue weighted by Crippen LogP contribution is 2.27. The molecular formula is C16H28N4O. The van der Waals surface area contributed by atoms with Crippen molar-refractivity contribution in [2.45, 2.75) is 53.0 Å². The minimum atomic E-state index is 0.565. The van der Waals surface area contributed by atoms with Crippen LogP contribution in [0.1, 0.15) is 50.0 Å². The van der Waals surface area contributed by atoms with Crippen LogP contribution >= 0.6 is 0 Å². The van der Waals surface area contributed by atoms with E-state index in [2.05, 4.69) is 27.5 Å². The van der Waals surface area contributed by atoms with Crippen LogP contribution in [0, 0.1) is 25.7 Å². The van der Waals surface area contributed by atoms with Crippen molar-refractivity contribution in [1.82, 2.24) is 15.6 Å². The number of guanidine groups is 1. The van der Waals surface area contributed by atoms with Gasteiger partial charge in [0.15, 0.2) is 5.96 Å². The number of hydrogen-bond acceptors (Lipinski definition) is 3. The van der Waals surface area contributed by atoms with Gasteiger partial charge in [0.25, 0.3) is 0 Å². The fourth-order valence-electron chi connectivity index (χ4n) is 2.98. The van der Waals surface area contributed by atoms with Gasteiger partial charge in [-0.05, 0) is 38.5 Å². The number of nitrogens with zero attached hydrogens (tertiary/aromatic N) is 2. The third-order valence-electron chi connectivity index (χ3n) is 4.31. The fourth-order valence-corrected chi connectivity index (χ4v) is 2.98. The van der Waals surface area contributed by atoms with Gasteiger partial charge in [0.2, 0.25) is 5.89 Å². The molecule has 0 spiro atoms. The quantitative estimate of drug-likeness (QED) is 0.661. The predicted octanol–water partition coefficient (Wildman–Crippen LogP) is 2.78. The van der Waals surface area contributed by atoms with Crippen LogP contribution in [0.4, 0.5) is 0 Å². The van der Waals surface area contributed by atoms with Crippen LogP contribution in [0.5, 0.6) is 0 Å². The summed E-state index contributed by atoms with van der Waals surface area (Å²) in [5.41, 5.74) is 0.950. The molecule has 1 aliphatic carbocycles. The van der Waals surface area contributed by atoms with Crippen molar-refractivity contribution in [1.29, 1.82) is 0 Å². The number of nitrogens with one attached hydrogen (secondary N) is 2. The fraction of sp³-hybridized carbons (Fsp3) is 0.750. The van der Waals surface area contributed by atoms with E-state index in [4.69, 9.17) is 4.42 Å². The van der Waals surface area contributed by atoms with E-state index in [-0.39, 0.29) is 0 Å². The molecule has 2 atom stereocenters. The van der Waals surface area contributed by atoms with Gasteiger partial charge in [-0.3, -0.25) is 4.99 Å². The Kier molecular flexibility index (Phi) is 5.65. The zero-order valence-corrected chi connectivity index (χ0v) is 13.7. The van der Waals surface area contributed by atoms with Crippen LogP contribution in [0.25, 0.3) is 0 Å². The van der Waals surface area contributed by atoms with Gasteiger partial charge < -0.3 is 15.1 Å². The van der Waals surface area contributed by atoms with Crippen LogP contribution in [0.2, 0.25) is 0 Å². The molecule has 21 heavy (non-hydrogen) atoms. The van der Waals surface area contributed by atoms with Gasteiger partial charge in [0, 0.05) is 13.6 Å². The molecule has 0 aromatic carbocycles. The van der Waals surface area contributed by atoms with Crippen molar-refractivity contribution >= 4 is 5.96 Å². The first-order chi connectivity index (χ1) is 10.1. The molecule has 5 nitrogen and oxygen atoms in total. The summed E-state index contributed by atoms with van der Waals surface area (Å²) in [6.07, 6.45) is 5.38. The number of oxazole rings is 1. The molecule has 1 aromatic rings. The number of aromatic nitrogens is 1. The molecule has 1 heterocycles. The summed E-state index contributed by atoms with van der Waals surface area (Å²) in [5.74, 6) is 4.03. The highest BCUT2D eigenvalue weighted by atomic mass is 16.4. The second-order valence-electron chi connectivity index (χ2n) is 6.19. The molecule has 0 aliphatic heterocycles. The molecule has 2 rings (SSSR count). The SMILES string of the molecule is CN=C(NCc1nc(C)c(C)o1)NCC1CCCC(C)C1. The standard InChI is InChI=1S/C16H28N4O/c1-11-6-5-7-14(8-11)9-18-16(17-4)19-10-15-20-12(2)13(3)21-15/h11,14H,5-10H2,1-4H3,(H2,17,18,19). The Hall–Kier alpha value is -1.52. The van der Waals surface area contributed by atoms with Gasteiger partial charge in [0.1, 0.15) is 5.76 Å². The number of rotatable bonds is 4. The second kappa shape index (κ2) is 7.48. The number of aliphatic imine (C=N–C) groups is 1. The van der Waals surface area contributed by atoms with Gasteiger partial charge in [-0.1, -0.05) is 19.8 Å². The van der Waals surface area contributed by atoms with E-state index < -0.39 is 0 Å². The smallest absolute Gasteiger partial charge is 0.214 e. The first-order valence-corrected chi connectivity index (χ1v) is 7.96. The molecule has 0 bridgehead atoms. The topological polar surface area (TPSA) is 62.5 Å². The van der Waals surface area contributed by atoms with Crippen molar-refractivity contribution in [3.8, 4) is 0 Å². The van der Waals surface area contributed by atoms with Crippen molar-refractivity contribution in [2.75, 3.05) is 13.6 Å². The molecule has 0 radical (unpaired) electrons. The molecule has 2 unspecified atom stereocenters. The maximum absolute atomic E-state index is 5.56. The zero-order chi connectivity index (χ0) is 15.2. The Morgan fingerprint density at radius 2 is 2.14 bits per heavy atom. The van der Waals surface area contributed by atoms with Crippen LogP contribution in [-0.2, 0) is 6.54 Å². The summed E-state index contributed by atoms with van der Waals surface area (Å²) in [6, 6.07) is 0. The molecule has 1 saturated carbocycles. The third-order valence-corrected chi connectivity index (χ3v) is 4.31. The van der Waals surface area contributed by atoms with Crippen LogP contribution in [0.3, 0.4) is 0 Å². The molecule has 1 fully saturated rings. The van der Waals surface area contributed by atoms with Gasteiger partial charge in [-0.25, -0.2) is 4.98 Å². The minimum Gasteiger partial charge on any atom is -0.444 e. The van der Waals surface area contributed by atoms with E-state index >= 15 is 0 Å². The highest BCUT2D eigenvalue weighted by molar-refractivity contribution is 5.79. The Balaban J connectivity index is 1.75. The Labute approximate surface area is 127 Å². The summed E-state index contributed by atoms with van der Waals surface area (Å²) in [4.78, 5) is 8.63. The van der Waals surface area contributed by atoms with Gasteiger partial charge in [-0.2, -0.15) is 0 Å². The molecule has 1 aromatic heterocycles. The van der Waals surface area contributed by atoms with Crippen molar-refractivity contribution < 1.29 is 4.42 Å². The second-order valence-corrected chi connectivity index (χ2v) is 6.19. The Morgan fingerprint density at radius 3 is 2.76 bits per heavy atom. The highest BCUT2D eigenvalue weighted by Gasteiger charge is 2.18. The normalized spacial score (nSPS) is 23.1. The first-order valence-electron chi connectivity index (χ1n) is 7.96. The van der Waals surface area contributed by atoms with Gasteiger partial charge >= 0.3 is 0 Å². The first kappa shape index (κ1) is 15.9. The van der Waals surface area contributed by atoms with Gasteiger partial charge in [-0.15, -0.1) is 0 Å². The van der Waals surface area contributed by atoms with Crippen molar-refractivity contribution in [3.05, 3.63) is 17.3 Å². The maximum Gasteiger partial charge on any atom is 0.214 e. The summed E-state index contributed by atoms with van der Waals surface area (Å²) >= 11 is 0. The van der Waals surface area contributed by atoms with E-state index in [1.54, 1.807) is 7.05 Å².